The van der Waals surface area contributed by atoms with Gasteiger partial charge >= 0.3 is 0 Å². The lowest BCUT2D eigenvalue weighted by atomic mass is 9.95. The topological polar surface area (TPSA) is 21.3 Å². The Bertz CT molecular complexity index is 530. The molecule has 0 bridgehead atoms. The van der Waals surface area contributed by atoms with E-state index in [4.69, 9.17) is 4.74 Å². The lowest BCUT2D eigenvalue weighted by Gasteiger charge is -2.27. The Morgan fingerprint density at radius 2 is 1.75 bits per heavy atom. The van der Waals surface area contributed by atoms with Gasteiger partial charge in [0.05, 0.1) is 6.04 Å². The van der Waals surface area contributed by atoms with Crippen molar-refractivity contribution in [1.29, 1.82) is 0 Å². The van der Waals surface area contributed by atoms with Gasteiger partial charge in [0.2, 0.25) is 0 Å². The molecule has 2 atom stereocenters. The quantitative estimate of drug-likeness (QED) is 0.862. The number of ether oxygens (including phenoxy) is 1. The first-order valence-electron chi connectivity index (χ1n) is 6.85. The fraction of sp³-hybridized carbons (Fsp3) is 0.294. The summed E-state index contributed by atoms with van der Waals surface area (Å²) < 4.78 is 19.3. The fourth-order valence-electron chi connectivity index (χ4n) is 2.40. The molecule has 2 rings (SSSR count). The molecule has 1 N–H and O–H groups in total. The number of likely N-dealkylation sites (N-methyl/N-ethyl adjacent to an activating group) is 1. The standard InChI is InChI=1S/C17H20FNO/c1-3-20-17(13-8-5-4-6-9-13)16(19-2)14-10-7-11-15(18)12-14/h4-12,16-17,19H,3H2,1-2H3. The molecule has 0 fully saturated rings. The average Bonchev–Trinajstić information content (AvgIpc) is 2.48. The first-order chi connectivity index (χ1) is 9.76. The molecule has 106 valence electrons. The SMILES string of the molecule is CCOC(c1ccccc1)C(NC)c1cccc(F)c1. The highest BCUT2D eigenvalue weighted by Gasteiger charge is 2.24. The minimum absolute atomic E-state index is 0.0898. The molecule has 0 aliphatic heterocycles. The molecule has 2 aromatic carbocycles. The molecule has 2 aromatic rings. The Morgan fingerprint density at radius 1 is 1.05 bits per heavy atom. The van der Waals surface area contributed by atoms with Crippen molar-refractivity contribution < 1.29 is 9.13 Å². The van der Waals surface area contributed by atoms with Gasteiger partial charge < -0.3 is 10.1 Å². The van der Waals surface area contributed by atoms with E-state index in [0.717, 1.165) is 11.1 Å². The summed E-state index contributed by atoms with van der Waals surface area (Å²) in [7, 11) is 1.87. The van der Waals surface area contributed by atoms with Crippen LogP contribution in [0.4, 0.5) is 4.39 Å². The number of hydrogen-bond donors (Lipinski definition) is 1. The van der Waals surface area contributed by atoms with Crippen LogP contribution in [0.25, 0.3) is 0 Å². The van der Waals surface area contributed by atoms with Crippen LogP contribution < -0.4 is 5.32 Å². The number of rotatable bonds is 6. The van der Waals surface area contributed by atoms with Crippen LogP contribution in [0.5, 0.6) is 0 Å². The third-order valence-corrected chi connectivity index (χ3v) is 3.30. The average molecular weight is 273 g/mol. The van der Waals surface area contributed by atoms with E-state index in [2.05, 4.69) is 5.32 Å². The highest BCUT2D eigenvalue weighted by atomic mass is 19.1. The molecular weight excluding hydrogens is 253 g/mol. The van der Waals surface area contributed by atoms with E-state index in [1.54, 1.807) is 12.1 Å². The molecule has 2 unspecified atom stereocenters. The van der Waals surface area contributed by atoms with Crippen LogP contribution in [0.15, 0.2) is 54.6 Å². The van der Waals surface area contributed by atoms with Crippen LogP contribution in [0.3, 0.4) is 0 Å². The largest absolute Gasteiger partial charge is 0.372 e. The predicted octanol–water partition coefficient (Wildman–Crippen LogP) is 3.86. The van der Waals surface area contributed by atoms with Gasteiger partial charge in [-0.25, -0.2) is 4.39 Å². The molecule has 0 aliphatic carbocycles. The Morgan fingerprint density at radius 3 is 2.35 bits per heavy atom. The Balaban J connectivity index is 2.35. The molecule has 3 heteroatoms. The molecule has 0 aromatic heterocycles. The molecule has 0 radical (unpaired) electrons. The summed E-state index contributed by atoms with van der Waals surface area (Å²) in [6, 6.07) is 16.6. The summed E-state index contributed by atoms with van der Waals surface area (Å²) in [5.74, 6) is -0.230. The van der Waals surface area contributed by atoms with Gasteiger partial charge in [0.25, 0.3) is 0 Å². The molecule has 20 heavy (non-hydrogen) atoms. The molecule has 0 heterocycles. The third kappa shape index (κ3) is 3.44. The zero-order chi connectivity index (χ0) is 14.4. The van der Waals surface area contributed by atoms with E-state index in [0.29, 0.717) is 6.61 Å². The van der Waals surface area contributed by atoms with Crippen molar-refractivity contribution in [3.05, 3.63) is 71.5 Å². The van der Waals surface area contributed by atoms with Gasteiger partial charge in [-0.2, -0.15) is 0 Å². The second-order valence-corrected chi connectivity index (χ2v) is 4.61. The van der Waals surface area contributed by atoms with Crippen LogP contribution in [-0.2, 0) is 4.74 Å². The third-order valence-electron chi connectivity index (χ3n) is 3.30. The normalized spacial score (nSPS) is 13.9. The second-order valence-electron chi connectivity index (χ2n) is 4.61. The first-order valence-corrected chi connectivity index (χ1v) is 6.85. The van der Waals surface area contributed by atoms with E-state index in [-0.39, 0.29) is 18.0 Å². The minimum Gasteiger partial charge on any atom is -0.372 e. The monoisotopic (exact) mass is 273 g/mol. The van der Waals surface area contributed by atoms with Crippen LogP contribution in [-0.4, -0.2) is 13.7 Å². The van der Waals surface area contributed by atoms with Gasteiger partial charge in [0.15, 0.2) is 0 Å². The number of nitrogens with one attached hydrogen (secondary N) is 1. The highest BCUT2D eigenvalue weighted by molar-refractivity contribution is 5.27. The Hall–Kier alpha value is -1.71. The van der Waals surface area contributed by atoms with Crippen LogP contribution in [0.2, 0.25) is 0 Å². The Labute approximate surface area is 119 Å². The van der Waals surface area contributed by atoms with Crippen LogP contribution >= 0.6 is 0 Å². The summed E-state index contributed by atoms with van der Waals surface area (Å²) in [6.45, 7) is 2.57. The predicted molar refractivity (Wildman–Crippen MR) is 79.0 cm³/mol. The molecule has 0 spiro atoms. The highest BCUT2D eigenvalue weighted by Crippen LogP contribution is 2.32. The molecule has 0 amide bonds. The van der Waals surface area contributed by atoms with Crippen molar-refractivity contribution in [3.63, 3.8) is 0 Å². The lowest BCUT2D eigenvalue weighted by molar-refractivity contribution is 0.0346. The lowest BCUT2D eigenvalue weighted by Crippen LogP contribution is -2.26. The smallest absolute Gasteiger partial charge is 0.123 e. The number of benzene rings is 2. The summed E-state index contributed by atoms with van der Waals surface area (Å²) in [6.07, 6.45) is -0.145. The molecular formula is C17H20FNO. The van der Waals surface area contributed by atoms with E-state index in [1.807, 2.05) is 50.4 Å². The van der Waals surface area contributed by atoms with Gasteiger partial charge in [0.1, 0.15) is 11.9 Å². The second kappa shape index (κ2) is 7.17. The molecule has 0 saturated carbocycles. The van der Waals surface area contributed by atoms with Crippen molar-refractivity contribution in [2.45, 2.75) is 19.1 Å². The maximum absolute atomic E-state index is 13.4. The molecule has 2 nitrogen and oxygen atoms in total. The van der Waals surface area contributed by atoms with Crippen LogP contribution in [0.1, 0.15) is 30.2 Å². The molecule has 0 aliphatic rings. The van der Waals surface area contributed by atoms with Crippen molar-refractivity contribution >= 4 is 0 Å². The number of hydrogen-bond acceptors (Lipinski definition) is 2. The summed E-state index contributed by atoms with van der Waals surface area (Å²) in [5, 5.41) is 3.24. The van der Waals surface area contributed by atoms with E-state index in [9.17, 15) is 4.39 Å². The minimum atomic E-state index is -0.230. The summed E-state index contributed by atoms with van der Waals surface area (Å²) >= 11 is 0. The van der Waals surface area contributed by atoms with Gasteiger partial charge in [0, 0.05) is 6.61 Å². The Kier molecular flexibility index (Phi) is 5.27. The van der Waals surface area contributed by atoms with E-state index < -0.39 is 0 Å². The first kappa shape index (κ1) is 14.7. The summed E-state index contributed by atoms with van der Waals surface area (Å²) in [4.78, 5) is 0. The zero-order valence-electron chi connectivity index (χ0n) is 11.8. The maximum atomic E-state index is 13.4. The van der Waals surface area contributed by atoms with Crippen molar-refractivity contribution in [3.8, 4) is 0 Å². The van der Waals surface area contributed by atoms with Crippen LogP contribution in [0, 0.1) is 5.82 Å². The van der Waals surface area contributed by atoms with Gasteiger partial charge in [-0.15, -0.1) is 0 Å². The van der Waals surface area contributed by atoms with Gasteiger partial charge in [-0.1, -0.05) is 42.5 Å². The van der Waals surface area contributed by atoms with Gasteiger partial charge in [-0.05, 0) is 37.2 Å². The summed E-state index contributed by atoms with van der Waals surface area (Å²) in [5.41, 5.74) is 1.97. The van der Waals surface area contributed by atoms with Crippen molar-refractivity contribution in [2.24, 2.45) is 0 Å². The van der Waals surface area contributed by atoms with Crippen molar-refractivity contribution in [1.82, 2.24) is 5.32 Å². The zero-order valence-corrected chi connectivity index (χ0v) is 11.8. The number of halogens is 1. The van der Waals surface area contributed by atoms with E-state index >= 15 is 0 Å². The fourth-order valence-corrected chi connectivity index (χ4v) is 2.40. The van der Waals surface area contributed by atoms with E-state index in [1.165, 1.54) is 6.07 Å². The maximum Gasteiger partial charge on any atom is 0.123 e. The van der Waals surface area contributed by atoms with Gasteiger partial charge in [-0.3, -0.25) is 0 Å². The molecule has 0 saturated heterocycles. The van der Waals surface area contributed by atoms with Crippen molar-refractivity contribution in [2.75, 3.05) is 13.7 Å².